The van der Waals surface area contributed by atoms with Crippen LogP contribution >= 0.6 is 0 Å². The molecule has 0 aliphatic carbocycles. The van der Waals surface area contributed by atoms with E-state index in [0.29, 0.717) is 18.9 Å². The van der Waals surface area contributed by atoms with Crippen LogP contribution < -0.4 is 0 Å². The van der Waals surface area contributed by atoms with Crippen LogP contribution in [0.15, 0.2) is 42.6 Å². The maximum Gasteiger partial charge on any atom is 0.245 e. The van der Waals surface area contributed by atoms with Gasteiger partial charge in [0.2, 0.25) is 5.91 Å². The van der Waals surface area contributed by atoms with Crippen molar-refractivity contribution in [1.29, 1.82) is 0 Å². The lowest BCUT2D eigenvalue weighted by molar-refractivity contribution is -0.136. The fourth-order valence-electron chi connectivity index (χ4n) is 3.39. The average Bonchev–Trinajstić information content (AvgIpc) is 3.31. The molecular weight excluding hydrogens is 328 g/mol. The number of hydrogen-bond acceptors (Lipinski definition) is 4. The predicted molar refractivity (Wildman–Crippen MR) is 97.2 cm³/mol. The van der Waals surface area contributed by atoms with Crippen molar-refractivity contribution in [3.8, 4) is 11.5 Å². The Labute approximate surface area is 152 Å². The minimum atomic E-state index is -0.328. The van der Waals surface area contributed by atoms with E-state index >= 15 is 0 Å². The Morgan fingerprint density at radius 2 is 1.96 bits per heavy atom. The molecule has 2 aromatic heterocycles. The van der Waals surface area contributed by atoms with Crippen molar-refractivity contribution in [2.45, 2.75) is 39.4 Å². The van der Waals surface area contributed by atoms with Crippen LogP contribution in [-0.2, 0) is 24.3 Å². The normalized spacial score (nSPS) is 16.8. The van der Waals surface area contributed by atoms with Gasteiger partial charge >= 0.3 is 0 Å². The van der Waals surface area contributed by atoms with Gasteiger partial charge in [-0.05, 0) is 31.9 Å². The van der Waals surface area contributed by atoms with E-state index < -0.39 is 0 Å². The summed E-state index contributed by atoms with van der Waals surface area (Å²) in [5, 5.41) is 13.1. The highest BCUT2D eigenvalue weighted by Gasteiger charge is 2.33. The second-order valence-electron chi connectivity index (χ2n) is 6.54. The van der Waals surface area contributed by atoms with Crippen LogP contribution in [0.1, 0.15) is 31.3 Å². The SMILES string of the molecule is CCn1ccc(-c2nnc3n2[C@H](C)C(=O)N(CCc2ccccc2)C3)n1. The summed E-state index contributed by atoms with van der Waals surface area (Å²) in [7, 11) is 0. The summed E-state index contributed by atoms with van der Waals surface area (Å²) in [6.07, 6.45) is 2.75. The lowest BCUT2D eigenvalue weighted by Crippen LogP contribution is -2.42. The molecule has 7 heteroatoms. The zero-order valence-corrected chi connectivity index (χ0v) is 15.0. The summed E-state index contributed by atoms with van der Waals surface area (Å²) in [6, 6.07) is 11.8. The van der Waals surface area contributed by atoms with Crippen LogP contribution in [-0.4, -0.2) is 41.9 Å². The first-order valence-electron chi connectivity index (χ1n) is 8.97. The molecule has 0 spiro atoms. The molecule has 0 bridgehead atoms. The standard InChI is InChI=1S/C19H22N6O/c1-3-24-12-10-16(22-24)18-21-20-17-13-23(19(26)14(2)25(17)18)11-9-15-7-5-4-6-8-15/h4-8,10,12,14H,3,9,11,13H2,1-2H3/t14-/m1/s1. The van der Waals surface area contributed by atoms with Gasteiger partial charge in [-0.3, -0.25) is 14.0 Å². The van der Waals surface area contributed by atoms with E-state index in [1.54, 1.807) is 0 Å². The Balaban J connectivity index is 1.56. The molecule has 0 saturated heterocycles. The Morgan fingerprint density at radius 1 is 1.15 bits per heavy atom. The number of benzene rings is 1. The van der Waals surface area contributed by atoms with E-state index in [-0.39, 0.29) is 11.9 Å². The third-order valence-corrected chi connectivity index (χ3v) is 4.86. The van der Waals surface area contributed by atoms with Crippen LogP contribution in [0, 0.1) is 0 Å². The number of hydrogen-bond donors (Lipinski definition) is 0. The highest BCUT2D eigenvalue weighted by molar-refractivity contribution is 5.81. The quantitative estimate of drug-likeness (QED) is 0.708. The van der Waals surface area contributed by atoms with Gasteiger partial charge < -0.3 is 4.90 Å². The molecule has 26 heavy (non-hydrogen) atoms. The van der Waals surface area contributed by atoms with E-state index in [1.807, 2.05) is 58.5 Å². The molecule has 3 aromatic rings. The number of carbonyl (C=O) groups is 1. The van der Waals surface area contributed by atoms with Gasteiger partial charge in [0, 0.05) is 19.3 Å². The molecule has 0 radical (unpaired) electrons. The Bertz CT molecular complexity index is 913. The van der Waals surface area contributed by atoms with Crippen molar-refractivity contribution < 1.29 is 4.79 Å². The molecule has 7 nitrogen and oxygen atoms in total. The first kappa shape index (κ1) is 16.5. The van der Waals surface area contributed by atoms with E-state index in [2.05, 4.69) is 27.4 Å². The predicted octanol–water partition coefficient (Wildman–Crippen LogP) is 2.31. The van der Waals surface area contributed by atoms with Crippen molar-refractivity contribution in [2.24, 2.45) is 0 Å². The smallest absolute Gasteiger partial charge is 0.245 e. The lowest BCUT2D eigenvalue weighted by Gasteiger charge is -2.32. The van der Waals surface area contributed by atoms with Crippen LogP contribution in [0.25, 0.3) is 11.5 Å². The van der Waals surface area contributed by atoms with Gasteiger partial charge in [-0.2, -0.15) is 5.10 Å². The molecule has 0 fully saturated rings. The van der Waals surface area contributed by atoms with Crippen LogP contribution in [0.5, 0.6) is 0 Å². The monoisotopic (exact) mass is 350 g/mol. The Morgan fingerprint density at radius 3 is 2.69 bits per heavy atom. The van der Waals surface area contributed by atoms with Crippen molar-refractivity contribution in [3.63, 3.8) is 0 Å². The maximum atomic E-state index is 12.9. The van der Waals surface area contributed by atoms with E-state index in [0.717, 1.165) is 24.5 Å². The van der Waals surface area contributed by atoms with Crippen molar-refractivity contribution in [2.75, 3.05) is 6.54 Å². The third kappa shape index (κ3) is 2.89. The second-order valence-corrected chi connectivity index (χ2v) is 6.54. The fourth-order valence-corrected chi connectivity index (χ4v) is 3.39. The van der Waals surface area contributed by atoms with Crippen molar-refractivity contribution in [3.05, 3.63) is 54.0 Å². The summed E-state index contributed by atoms with van der Waals surface area (Å²) in [5.74, 6) is 1.58. The molecule has 0 saturated carbocycles. The van der Waals surface area contributed by atoms with Gasteiger partial charge in [0.25, 0.3) is 0 Å². The zero-order valence-electron chi connectivity index (χ0n) is 15.0. The Hall–Kier alpha value is -2.96. The minimum absolute atomic E-state index is 0.101. The molecule has 1 atom stereocenters. The van der Waals surface area contributed by atoms with E-state index in [1.165, 1.54) is 5.56 Å². The van der Waals surface area contributed by atoms with Crippen molar-refractivity contribution >= 4 is 5.91 Å². The van der Waals surface area contributed by atoms with Crippen LogP contribution in [0.3, 0.4) is 0 Å². The number of amides is 1. The molecule has 1 aliphatic rings. The zero-order chi connectivity index (χ0) is 18.1. The van der Waals surface area contributed by atoms with Crippen LogP contribution in [0.4, 0.5) is 0 Å². The molecule has 1 aliphatic heterocycles. The number of nitrogens with zero attached hydrogens (tertiary/aromatic N) is 6. The lowest BCUT2D eigenvalue weighted by atomic mass is 10.1. The molecule has 3 heterocycles. The Kier molecular flexibility index (Phi) is 4.28. The van der Waals surface area contributed by atoms with Gasteiger partial charge in [-0.15, -0.1) is 10.2 Å². The first-order chi connectivity index (χ1) is 12.7. The highest BCUT2D eigenvalue weighted by atomic mass is 16.2. The fraction of sp³-hybridized carbons (Fsp3) is 0.368. The van der Waals surface area contributed by atoms with E-state index in [9.17, 15) is 4.79 Å². The number of aromatic nitrogens is 5. The van der Waals surface area contributed by atoms with Gasteiger partial charge in [0.15, 0.2) is 11.6 Å². The van der Waals surface area contributed by atoms with E-state index in [4.69, 9.17) is 0 Å². The average molecular weight is 350 g/mol. The number of rotatable bonds is 5. The molecule has 0 N–H and O–H groups in total. The highest BCUT2D eigenvalue weighted by Crippen LogP contribution is 2.27. The number of fused-ring (bicyclic) bond motifs is 1. The first-order valence-corrected chi connectivity index (χ1v) is 8.97. The molecule has 1 aromatic carbocycles. The largest absolute Gasteiger partial charge is 0.333 e. The third-order valence-electron chi connectivity index (χ3n) is 4.86. The summed E-state index contributed by atoms with van der Waals surface area (Å²) < 4.78 is 3.77. The number of aryl methyl sites for hydroxylation is 1. The molecule has 4 rings (SSSR count). The molecule has 0 unspecified atom stereocenters. The van der Waals surface area contributed by atoms with Crippen LogP contribution in [0.2, 0.25) is 0 Å². The van der Waals surface area contributed by atoms with Gasteiger partial charge in [-0.1, -0.05) is 30.3 Å². The van der Waals surface area contributed by atoms with Gasteiger partial charge in [0.05, 0.1) is 6.54 Å². The topological polar surface area (TPSA) is 68.8 Å². The summed E-state index contributed by atoms with van der Waals surface area (Å²) >= 11 is 0. The van der Waals surface area contributed by atoms with Gasteiger partial charge in [0.1, 0.15) is 11.7 Å². The number of carbonyl (C=O) groups excluding carboxylic acids is 1. The molecular formula is C19H22N6O. The maximum absolute atomic E-state index is 12.9. The minimum Gasteiger partial charge on any atom is -0.333 e. The summed E-state index contributed by atoms with van der Waals surface area (Å²) in [6.45, 7) is 5.90. The van der Waals surface area contributed by atoms with Crippen molar-refractivity contribution in [1.82, 2.24) is 29.4 Å². The summed E-state index contributed by atoms with van der Waals surface area (Å²) in [5.41, 5.74) is 1.98. The second kappa shape index (κ2) is 6.74. The molecule has 1 amide bonds. The summed E-state index contributed by atoms with van der Waals surface area (Å²) in [4.78, 5) is 14.7. The van der Waals surface area contributed by atoms with Gasteiger partial charge in [-0.25, -0.2) is 0 Å². The molecule has 134 valence electrons.